The molecule has 1 atom stereocenters. The zero-order valence-corrected chi connectivity index (χ0v) is 16.7. The molecule has 2 N–H and O–H groups in total. The van der Waals surface area contributed by atoms with Crippen molar-refractivity contribution in [1.82, 2.24) is 20.5 Å². The average Bonchev–Trinajstić information content (AvgIpc) is 2.85. The van der Waals surface area contributed by atoms with Crippen molar-refractivity contribution in [3.05, 3.63) is 15.6 Å². The van der Waals surface area contributed by atoms with Gasteiger partial charge in [0.15, 0.2) is 5.96 Å². The van der Waals surface area contributed by atoms with Gasteiger partial charge in [-0.05, 0) is 45.1 Å². The second-order valence-corrected chi connectivity index (χ2v) is 8.51. The largest absolute Gasteiger partial charge is 0.356 e. The lowest BCUT2D eigenvalue weighted by atomic mass is 9.97. The van der Waals surface area contributed by atoms with Crippen molar-refractivity contribution in [2.75, 3.05) is 33.2 Å². The van der Waals surface area contributed by atoms with Gasteiger partial charge in [-0.1, -0.05) is 13.8 Å². The zero-order chi connectivity index (χ0) is 17.5. The van der Waals surface area contributed by atoms with Gasteiger partial charge in [-0.3, -0.25) is 4.99 Å². The van der Waals surface area contributed by atoms with Crippen LogP contribution in [0, 0.1) is 25.7 Å². The SMILES string of the molecule is CN=C(NCc1nc(C)c(C)s1)NCC1CCCN(CC(C)C)C1. The van der Waals surface area contributed by atoms with Crippen LogP contribution in [0.5, 0.6) is 0 Å². The number of piperidine rings is 1. The molecule has 6 heteroatoms. The molecule has 1 saturated heterocycles. The van der Waals surface area contributed by atoms with Crippen LogP contribution in [-0.4, -0.2) is 49.1 Å². The summed E-state index contributed by atoms with van der Waals surface area (Å²) in [4.78, 5) is 12.8. The summed E-state index contributed by atoms with van der Waals surface area (Å²) in [6, 6.07) is 0. The molecule has 24 heavy (non-hydrogen) atoms. The van der Waals surface area contributed by atoms with E-state index >= 15 is 0 Å². The number of guanidine groups is 1. The molecule has 136 valence electrons. The molecule has 0 aliphatic carbocycles. The fourth-order valence-electron chi connectivity index (χ4n) is 3.24. The fraction of sp³-hybridized carbons (Fsp3) is 0.778. The molecule has 1 aromatic rings. The second kappa shape index (κ2) is 9.37. The first-order chi connectivity index (χ1) is 11.5. The highest BCUT2D eigenvalue weighted by atomic mass is 32.1. The summed E-state index contributed by atoms with van der Waals surface area (Å²) in [6.45, 7) is 14.2. The Hall–Kier alpha value is -1.14. The number of thiazole rings is 1. The van der Waals surface area contributed by atoms with Gasteiger partial charge in [-0.25, -0.2) is 4.98 Å². The minimum atomic E-state index is 0.709. The Morgan fingerprint density at radius 1 is 1.38 bits per heavy atom. The van der Waals surface area contributed by atoms with Gasteiger partial charge in [0.2, 0.25) is 0 Å². The predicted molar refractivity (Wildman–Crippen MR) is 104 cm³/mol. The Kier molecular flexibility index (Phi) is 7.49. The van der Waals surface area contributed by atoms with Gasteiger partial charge in [0.25, 0.3) is 0 Å². The molecule has 0 saturated carbocycles. The van der Waals surface area contributed by atoms with Crippen LogP contribution in [0.1, 0.15) is 42.3 Å². The van der Waals surface area contributed by atoms with E-state index in [1.165, 1.54) is 37.4 Å². The standard InChI is InChI=1S/C18H33N5S/c1-13(2)11-23-8-6-7-16(12-23)9-20-18(19-5)21-10-17-22-14(3)15(4)24-17/h13,16H,6-12H2,1-5H3,(H2,19,20,21). The number of hydrogen-bond donors (Lipinski definition) is 2. The van der Waals surface area contributed by atoms with Crippen LogP contribution < -0.4 is 10.6 Å². The van der Waals surface area contributed by atoms with Crippen LogP contribution in [0.2, 0.25) is 0 Å². The number of likely N-dealkylation sites (tertiary alicyclic amines) is 1. The van der Waals surface area contributed by atoms with E-state index < -0.39 is 0 Å². The maximum Gasteiger partial charge on any atom is 0.191 e. The third kappa shape index (κ3) is 6.06. The lowest BCUT2D eigenvalue weighted by molar-refractivity contribution is 0.159. The van der Waals surface area contributed by atoms with Crippen LogP contribution >= 0.6 is 11.3 Å². The van der Waals surface area contributed by atoms with Crippen molar-refractivity contribution in [3.8, 4) is 0 Å². The second-order valence-electron chi connectivity index (χ2n) is 7.22. The van der Waals surface area contributed by atoms with Gasteiger partial charge in [0.05, 0.1) is 12.2 Å². The van der Waals surface area contributed by atoms with E-state index in [1.54, 1.807) is 11.3 Å². The van der Waals surface area contributed by atoms with Gasteiger partial charge in [0, 0.05) is 31.6 Å². The third-order valence-electron chi connectivity index (χ3n) is 4.49. The van der Waals surface area contributed by atoms with E-state index in [4.69, 9.17) is 0 Å². The molecule has 0 bridgehead atoms. The van der Waals surface area contributed by atoms with Crippen LogP contribution in [0.15, 0.2) is 4.99 Å². The van der Waals surface area contributed by atoms with E-state index in [-0.39, 0.29) is 0 Å². The minimum Gasteiger partial charge on any atom is -0.356 e. The first kappa shape index (κ1) is 19.2. The molecule has 1 aliphatic rings. The van der Waals surface area contributed by atoms with Gasteiger partial charge < -0.3 is 15.5 Å². The number of nitrogens with one attached hydrogen (secondary N) is 2. The number of hydrogen-bond acceptors (Lipinski definition) is 4. The van der Waals surface area contributed by atoms with Crippen molar-refractivity contribution in [3.63, 3.8) is 0 Å². The van der Waals surface area contributed by atoms with E-state index in [0.29, 0.717) is 5.92 Å². The quantitative estimate of drug-likeness (QED) is 0.611. The van der Waals surface area contributed by atoms with Crippen molar-refractivity contribution >= 4 is 17.3 Å². The van der Waals surface area contributed by atoms with Gasteiger partial charge >= 0.3 is 0 Å². The smallest absolute Gasteiger partial charge is 0.191 e. The molecule has 0 amide bonds. The summed E-state index contributed by atoms with van der Waals surface area (Å²) >= 11 is 1.76. The summed E-state index contributed by atoms with van der Waals surface area (Å²) in [7, 11) is 1.83. The molecule has 2 rings (SSSR count). The summed E-state index contributed by atoms with van der Waals surface area (Å²) < 4.78 is 0. The fourth-order valence-corrected chi connectivity index (χ4v) is 4.11. The van der Waals surface area contributed by atoms with Crippen LogP contribution in [0.25, 0.3) is 0 Å². The third-order valence-corrected chi connectivity index (χ3v) is 5.56. The Labute approximate surface area is 151 Å². The summed E-state index contributed by atoms with van der Waals surface area (Å²) in [5, 5.41) is 8.00. The molecule has 1 unspecified atom stereocenters. The normalized spacial score (nSPS) is 19.8. The van der Waals surface area contributed by atoms with Crippen LogP contribution in [-0.2, 0) is 6.54 Å². The van der Waals surface area contributed by atoms with E-state index in [9.17, 15) is 0 Å². The summed E-state index contributed by atoms with van der Waals surface area (Å²) in [5.74, 6) is 2.33. The number of aryl methyl sites for hydroxylation is 2. The van der Waals surface area contributed by atoms with Crippen LogP contribution in [0.3, 0.4) is 0 Å². The lowest BCUT2D eigenvalue weighted by Crippen LogP contribution is -2.44. The summed E-state index contributed by atoms with van der Waals surface area (Å²) in [6.07, 6.45) is 2.62. The van der Waals surface area contributed by atoms with E-state index in [0.717, 1.165) is 35.7 Å². The number of aromatic nitrogens is 1. The molecule has 2 heterocycles. The molecule has 1 aromatic heterocycles. The minimum absolute atomic E-state index is 0.709. The van der Waals surface area contributed by atoms with Gasteiger partial charge in [-0.15, -0.1) is 11.3 Å². The molecule has 0 aromatic carbocycles. The maximum atomic E-state index is 4.57. The van der Waals surface area contributed by atoms with Gasteiger partial charge in [0.1, 0.15) is 5.01 Å². The molecule has 1 fully saturated rings. The first-order valence-corrected chi connectivity index (χ1v) is 9.89. The Morgan fingerprint density at radius 2 is 2.17 bits per heavy atom. The topological polar surface area (TPSA) is 52.6 Å². The highest BCUT2D eigenvalue weighted by Gasteiger charge is 2.20. The first-order valence-electron chi connectivity index (χ1n) is 9.07. The van der Waals surface area contributed by atoms with Crippen molar-refractivity contribution in [2.24, 2.45) is 16.8 Å². The molecule has 0 spiro atoms. The maximum absolute atomic E-state index is 4.57. The molecule has 1 aliphatic heterocycles. The Bertz CT molecular complexity index is 518. The molecular weight excluding hydrogens is 318 g/mol. The average molecular weight is 352 g/mol. The highest BCUT2D eigenvalue weighted by Crippen LogP contribution is 2.17. The van der Waals surface area contributed by atoms with E-state index in [2.05, 4.69) is 53.2 Å². The Balaban J connectivity index is 1.74. The van der Waals surface area contributed by atoms with Gasteiger partial charge in [-0.2, -0.15) is 0 Å². The predicted octanol–water partition coefficient (Wildman–Crippen LogP) is 2.79. The molecule has 0 radical (unpaired) electrons. The van der Waals surface area contributed by atoms with Crippen molar-refractivity contribution in [1.29, 1.82) is 0 Å². The number of rotatable bonds is 6. The molecule has 5 nitrogen and oxygen atoms in total. The number of aliphatic imine (C=N–C) groups is 1. The monoisotopic (exact) mass is 351 g/mol. The van der Waals surface area contributed by atoms with Crippen molar-refractivity contribution in [2.45, 2.75) is 47.1 Å². The Morgan fingerprint density at radius 3 is 2.79 bits per heavy atom. The summed E-state index contributed by atoms with van der Waals surface area (Å²) in [5.41, 5.74) is 1.13. The number of nitrogens with zero attached hydrogens (tertiary/aromatic N) is 3. The highest BCUT2D eigenvalue weighted by molar-refractivity contribution is 7.11. The van der Waals surface area contributed by atoms with Crippen molar-refractivity contribution < 1.29 is 0 Å². The van der Waals surface area contributed by atoms with Crippen LogP contribution in [0.4, 0.5) is 0 Å². The lowest BCUT2D eigenvalue weighted by Gasteiger charge is -2.34. The van der Waals surface area contributed by atoms with E-state index in [1.807, 2.05) is 7.05 Å². The molecular formula is C18H33N5S. The zero-order valence-electron chi connectivity index (χ0n) is 15.9.